The van der Waals surface area contributed by atoms with Gasteiger partial charge in [-0.3, -0.25) is 4.98 Å². The summed E-state index contributed by atoms with van der Waals surface area (Å²) in [6.07, 6.45) is 2.28. The largest absolute Gasteiger partial charge is 0.465 e. The second-order valence-electron chi connectivity index (χ2n) is 1.97. The number of carbonyl (C=O) groups excluding carboxylic acids is 1. The molecule has 5 heteroatoms. The molecule has 64 valence electrons. The second kappa shape index (κ2) is 3.62. The van der Waals surface area contributed by atoms with Crippen molar-refractivity contribution in [2.45, 2.75) is 0 Å². The van der Waals surface area contributed by atoms with Gasteiger partial charge in [0.05, 0.1) is 17.8 Å². The normalized spacial score (nSPS) is 9.58. The van der Waals surface area contributed by atoms with Crippen LogP contribution < -0.4 is 0 Å². The van der Waals surface area contributed by atoms with E-state index in [1.807, 2.05) is 0 Å². The molecule has 0 aliphatic rings. The van der Waals surface area contributed by atoms with Crippen molar-refractivity contribution in [3.8, 4) is 0 Å². The Labute approximate surface area is 76.7 Å². The van der Waals surface area contributed by atoms with Crippen LogP contribution in [-0.4, -0.2) is 18.1 Å². The van der Waals surface area contributed by atoms with Gasteiger partial charge in [-0.05, 0) is 15.9 Å². The van der Waals surface area contributed by atoms with Crippen molar-refractivity contribution in [1.82, 2.24) is 4.98 Å². The molecule has 1 aromatic rings. The van der Waals surface area contributed by atoms with Crippen molar-refractivity contribution in [3.63, 3.8) is 0 Å². The van der Waals surface area contributed by atoms with Gasteiger partial charge in [-0.25, -0.2) is 9.18 Å². The highest BCUT2D eigenvalue weighted by atomic mass is 79.9. The van der Waals surface area contributed by atoms with E-state index in [9.17, 15) is 9.18 Å². The van der Waals surface area contributed by atoms with Crippen LogP contribution in [0.2, 0.25) is 0 Å². The van der Waals surface area contributed by atoms with Crippen LogP contribution in [0, 0.1) is 5.82 Å². The first-order valence-corrected chi connectivity index (χ1v) is 3.83. The molecule has 0 bridgehead atoms. The number of hydrogen-bond donors (Lipinski definition) is 0. The second-order valence-corrected chi connectivity index (χ2v) is 2.82. The molecule has 0 fully saturated rings. The molecule has 0 saturated heterocycles. The molecule has 0 saturated carbocycles. The minimum atomic E-state index is -0.721. The molecule has 1 rings (SSSR count). The summed E-state index contributed by atoms with van der Waals surface area (Å²) >= 11 is 2.99. The van der Waals surface area contributed by atoms with Gasteiger partial charge in [0, 0.05) is 6.20 Å². The van der Waals surface area contributed by atoms with Crippen LogP contribution in [0.5, 0.6) is 0 Å². The third-order valence-corrected chi connectivity index (χ3v) is 1.84. The quantitative estimate of drug-likeness (QED) is 0.695. The molecule has 0 radical (unpaired) electrons. The topological polar surface area (TPSA) is 39.2 Å². The van der Waals surface area contributed by atoms with Crippen molar-refractivity contribution in [1.29, 1.82) is 0 Å². The van der Waals surface area contributed by atoms with E-state index in [-0.39, 0.29) is 10.0 Å². The number of rotatable bonds is 1. The van der Waals surface area contributed by atoms with Gasteiger partial charge < -0.3 is 4.74 Å². The van der Waals surface area contributed by atoms with E-state index in [0.717, 1.165) is 6.20 Å². The molecule has 0 N–H and O–H groups in total. The van der Waals surface area contributed by atoms with Gasteiger partial charge in [0.2, 0.25) is 0 Å². The van der Waals surface area contributed by atoms with Gasteiger partial charge in [0.25, 0.3) is 0 Å². The van der Waals surface area contributed by atoms with Crippen LogP contribution in [0.3, 0.4) is 0 Å². The van der Waals surface area contributed by atoms with E-state index < -0.39 is 11.8 Å². The Balaban J connectivity index is 3.21. The Morgan fingerprint density at radius 2 is 2.33 bits per heavy atom. The number of carbonyl (C=O) groups is 1. The van der Waals surface area contributed by atoms with Crippen LogP contribution in [0.15, 0.2) is 16.9 Å². The van der Waals surface area contributed by atoms with Gasteiger partial charge in [0.15, 0.2) is 5.82 Å². The molecule has 0 aliphatic carbocycles. The molecule has 0 aromatic carbocycles. The SMILES string of the molecule is COC(=O)c1c(F)cncc1Br. The van der Waals surface area contributed by atoms with Crippen molar-refractivity contribution in [2.75, 3.05) is 7.11 Å². The Morgan fingerprint density at radius 1 is 1.67 bits per heavy atom. The minimum Gasteiger partial charge on any atom is -0.465 e. The smallest absolute Gasteiger partial charge is 0.342 e. The number of hydrogen-bond acceptors (Lipinski definition) is 3. The number of pyridine rings is 1. The lowest BCUT2D eigenvalue weighted by atomic mass is 10.2. The fourth-order valence-electron chi connectivity index (χ4n) is 0.708. The third-order valence-electron chi connectivity index (χ3n) is 1.24. The van der Waals surface area contributed by atoms with Gasteiger partial charge in [-0.2, -0.15) is 0 Å². The summed E-state index contributed by atoms with van der Waals surface area (Å²) in [5, 5.41) is 0. The van der Waals surface area contributed by atoms with E-state index in [2.05, 4.69) is 25.7 Å². The molecule has 0 aliphatic heterocycles. The average molecular weight is 234 g/mol. The van der Waals surface area contributed by atoms with Gasteiger partial charge in [-0.15, -0.1) is 0 Å². The predicted octanol–water partition coefficient (Wildman–Crippen LogP) is 1.77. The zero-order chi connectivity index (χ0) is 9.14. The van der Waals surface area contributed by atoms with E-state index in [1.54, 1.807) is 0 Å². The van der Waals surface area contributed by atoms with Crippen LogP contribution in [0.1, 0.15) is 10.4 Å². The highest BCUT2D eigenvalue weighted by Crippen LogP contribution is 2.18. The molecule has 3 nitrogen and oxygen atoms in total. The highest BCUT2D eigenvalue weighted by molar-refractivity contribution is 9.10. The predicted molar refractivity (Wildman–Crippen MR) is 43.2 cm³/mol. The fraction of sp³-hybridized carbons (Fsp3) is 0.143. The highest BCUT2D eigenvalue weighted by Gasteiger charge is 2.15. The van der Waals surface area contributed by atoms with Gasteiger partial charge in [-0.1, -0.05) is 0 Å². The van der Waals surface area contributed by atoms with Crippen LogP contribution in [-0.2, 0) is 4.74 Å². The standard InChI is InChI=1S/C7H5BrFNO2/c1-12-7(11)6-4(8)2-10-3-5(6)9/h2-3H,1H3. The maximum atomic E-state index is 12.9. The number of aromatic nitrogens is 1. The van der Waals surface area contributed by atoms with Crippen molar-refractivity contribution in [3.05, 3.63) is 28.2 Å². The van der Waals surface area contributed by atoms with E-state index >= 15 is 0 Å². The van der Waals surface area contributed by atoms with Crippen LogP contribution in [0.4, 0.5) is 4.39 Å². The monoisotopic (exact) mass is 233 g/mol. The lowest BCUT2D eigenvalue weighted by molar-refractivity contribution is 0.0594. The molecule has 12 heavy (non-hydrogen) atoms. The maximum Gasteiger partial charge on any atom is 0.342 e. The van der Waals surface area contributed by atoms with E-state index in [4.69, 9.17) is 0 Å². The number of esters is 1. The fourth-order valence-corrected chi connectivity index (χ4v) is 1.18. The summed E-state index contributed by atoms with van der Waals surface area (Å²) in [6.45, 7) is 0. The summed E-state index contributed by atoms with van der Waals surface area (Å²) in [5.41, 5.74) is -0.132. The molecule has 0 amide bonds. The van der Waals surface area contributed by atoms with Crippen molar-refractivity contribution in [2.24, 2.45) is 0 Å². The lowest BCUT2D eigenvalue weighted by Crippen LogP contribution is -2.05. The average Bonchev–Trinajstić information content (AvgIpc) is 2.03. The molecule has 1 heterocycles. The summed E-state index contributed by atoms with van der Waals surface area (Å²) in [7, 11) is 1.19. The molecule has 0 atom stereocenters. The minimum absolute atomic E-state index is 0.132. The Hall–Kier alpha value is -0.970. The van der Waals surface area contributed by atoms with E-state index in [1.165, 1.54) is 13.3 Å². The first-order chi connectivity index (χ1) is 5.66. The lowest BCUT2D eigenvalue weighted by Gasteiger charge is -2.01. The first kappa shape index (κ1) is 9.12. The van der Waals surface area contributed by atoms with Crippen molar-refractivity contribution >= 4 is 21.9 Å². The Kier molecular flexibility index (Phi) is 2.75. The zero-order valence-electron chi connectivity index (χ0n) is 6.17. The maximum absolute atomic E-state index is 12.9. The van der Waals surface area contributed by atoms with Gasteiger partial charge in [0.1, 0.15) is 5.56 Å². The van der Waals surface area contributed by atoms with Crippen LogP contribution >= 0.6 is 15.9 Å². The molecular formula is C7H5BrFNO2. The summed E-state index contributed by atoms with van der Waals surface area (Å²) in [6, 6.07) is 0. The van der Waals surface area contributed by atoms with Gasteiger partial charge >= 0.3 is 5.97 Å². The molecule has 1 aromatic heterocycles. The molecule has 0 unspecified atom stereocenters. The van der Waals surface area contributed by atoms with E-state index in [0.29, 0.717) is 0 Å². The first-order valence-electron chi connectivity index (χ1n) is 3.04. The number of halogens is 2. The summed E-state index contributed by atoms with van der Waals surface area (Å²) in [5.74, 6) is -1.42. The molecular weight excluding hydrogens is 229 g/mol. The Bertz CT molecular complexity index is 296. The van der Waals surface area contributed by atoms with Crippen LogP contribution in [0.25, 0.3) is 0 Å². The molecule has 0 spiro atoms. The summed E-state index contributed by atoms with van der Waals surface area (Å²) < 4.78 is 17.5. The van der Waals surface area contributed by atoms with Crippen molar-refractivity contribution < 1.29 is 13.9 Å². The zero-order valence-corrected chi connectivity index (χ0v) is 7.76. The summed E-state index contributed by atoms with van der Waals surface area (Å²) in [4.78, 5) is 14.5. The Morgan fingerprint density at radius 3 is 2.83 bits per heavy atom. The number of ether oxygens (including phenoxy) is 1. The number of methoxy groups -OCH3 is 1. The third kappa shape index (κ3) is 1.61. The number of nitrogens with zero attached hydrogens (tertiary/aromatic N) is 1.